The van der Waals surface area contributed by atoms with Crippen LogP contribution in [0.4, 0.5) is 0 Å². The number of halogens is 1. The van der Waals surface area contributed by atoms with Gasteiger partial charge < -0.3 is 15.3 Å². The minimum atomic E-state index is -1.21. The molecule has 3 N–H and O–H groups in total. The molecule has 0 radical (unpaired) electrons. The van der Waals surface area contributed by atoms with Crippen molar-refractivity contribution in [2.24, 2.45) is 0 Å². The van der Waals surface area contributed by atoms with Crippen LogP contribution in [0.5, 0.6) is 5.75 Å². The Morgan fingerprint density at radius 2 is 2.14 bits per heavy atom. The Labute approximate surface area is 88.9 Å². The number of rotatable bonds is 3. The molecule has 0 aliphatic rings. The summed E-state index contributed by atoms with van der Waals surface area (Å²) in [5.74, 6) is -1.24. The van der Waals surface area contributed by atoms with Crippen LogP contribution in [-0.2, 0) is 4.79 Å². The maximum Gasteiger partial charge on any atom is 0.306 e. The molecule has 0 heterocycles. The second-order valence-corrected chi connectivity index (χ2v) is 3.64. The van der Waals surface area contributed by atoms with E-state index in [0.717, 1.165) is 0 Å². The van der Waals surface area contributed by atoms with Gasteiger partial charge in [0, 0.05) is 10.0 Å². The zero-order valence-electron chi connectivity index (χ0n) is 7.14. The molecule has 1 aromatic rings. The number of carboxylic acid groups (broad SMARTS) is 1. The van der Waals surface area contributed by atoms with Gasteiger partial charge in [-0.05, 0) is 12.1 Å². The first-order chi connectivity index (χ1) is 6.52. The lowest BCUT2D eigenvalue weighted by molar-refractivity contribution is -0.139. The SMILES string of the molecule is O=C(O)C[C@@H](O)c1c(O)cccc1Br. The van der Waals surface area contributed by atoms with Crippen molar-refractivity contribution in [3.8, 4) is 5.75 Å². The van der Waals surface area contributed by atoms with E-state index in [1.54, 1.807) is 12.1 Å². The molecular formula is C9H9BrO4. The molecule has 0 saturated heterocycles. The molecule has 0 aliphatic carbocycles. The summed E-state index contributed by atoms with van der Waals surface area (Å²) >= 11 is 3.12. The molecule has 0 aliphatic heterocycles. The first-order valence-electron chi connectivity index (χ1n) is 3.89. The second-order valence-electron chi connectivity index (χ2n) is 2.79. The highest BCUT2D eigenvalue weighted by atomic mass is 79.9. The molecule has 1 atom stereocenters. The molecule has 0 saturated carbocycles. The first kappa shape index (κ1) is 11.0. The van der Waals surface area contributed by atoms with Crippen LogP contribution in [0, 0.1) is 0 Å². The van der Waals surface area contributed by atoms with E-state index in [1.165, 1.54) is 6.07 Å². The summed E-state index contributed by atoms with van der Waals surface area (Å²) in [6.07, 6.45) is -1.64. The van der Waals surface area contributed by atoms with Gasteiger partial charge in [0.05, 0.1) is 12.5 Å². The van der Waals surface area contributed by atoms with Crippen LogP contribution in [0.1, 0.15) is 18.1 Å². The third-order valence-corrected chi connectivity index (χ3v) is 2.42. The lowest BCUT2D eigenvalue weighted by atomic mass is 10.1. The predicted molar refractivity (Wildman–Crippen MR) is 53.0 cm³/mol. The monoisotopic (exact) mass is 260 g/mol. The summed E-state index contributed by atoms with van der Waals surface area (Å²) in [5.41, 5.74) is 0.204. The number of aromatic hydroxyl groups is 1. The minimum Gasteiger partial charge on any atom is -0.508 e. The molecule has 0 amide bonds. The predicted octanol–water partition coefficient (Wildman–Crippen LogP) is 1.66. The van der Waals surface area contributed by atoms with Crippen molar-refractivity contribution in [1.29, 1.82) is 0 Å². The summed E-state index contributed by atoms with van der Waals surface area (Å²) in [4.78, 5) is 10.3. The Kier molecular flexibility index (Phi) is 3.49. The Bertz CT molecular complexity index is 330. The number of aliphatic hydroxyl groups excluding tert-OH is 1. The van der Waals surface area contributed by atoms with Gasteiger partial charge >= 0.3 is 5.97 Å². The summed E-state index contributed by atoms with van der Waals surface area (Å²) in [7, 11) is 0. The Hall–Kier alpha value is -1.07. The van der Waals surface area contributed by atoms with Crippen molar-refractivity contribution >= 4 is 21.9 Å². The molecule has 5 heteroatoms. The smallest absolute Gasteiger partial charge is 0.306 e. The van der Waals surface area contributed by atoms with Gasteiger partial charge in [0.15, 0.2) is 0 Å². The van der Waals surface area contributed by atoms with Crippen molar-refractivity contribution in [2.75, 3.05) is 0 Å². The van der Waals surface area contributed by atoms with Gasteiger partial charge in [0.1, 0.15) is 5.75 Å². The number of carbonyl (C=O) groups is 1. The highest BCUT2D eigenvalue weighted by Gasteiger charge is 2.18. The van der Waals surface area contributed by atoms with Crippen molar-refractivity contribution < 1.29 is 20.1 Å². The molecular weight excluding hydrogens is 252 g/mol. The molecule has 14 heavy (non-hydrogen) atoms. The number of benzene rings is 1. The lowest BCUT2D eigenvalue weighted by Gasteiger charge is -2.11. The number of aliphatic carboxylic acids is 1. The number of hydrogen-bond donors (Lipinski definition) is 3. The minimum absolute atomic E-state index is 0.117. The van der Waals surface area contributed by atoms with Crippen molar-refractivity contribution in [2.45, 2.75) is 12.5 Å². The normalized spacial score (nSPS) is 12.4. The van der Waals surface area contributed by atoms with Gasteiger partial charge in [-0.1, -0.05) is 22.0 Å². The van der Waals surface area contributed by atoms with Crippen LogP contribution in [0.15, 0.2) is 22.7 Å². The highest BCUT2D eigenvalue weighted by Crippen LogP contribution is 2.32. The van der Waals surface area contributed by atoms with Crippen molar-refractivity contribution in [3.05, 3.63) is 28.2 Å². The van der Waals surface area contributed by atoms with E-state index >= 15 is 0 Å². The number of carboxylic acids is 1. The quantitative estimate of drug-likeness (QED) is 0.773. The molecule has 0 spiro atoms. The van der Waals surface area contributed by atoms with Gasteiger partial charge in [0.25, 0.3) is 0 Å². The molecule has 0 fully saturated rings. The molecule has 1 aromatic carbocycles. The van der Waals surface area contributed by atoms with Gasteiger partial charge in [-0.3, -0.25) is 4.79 Å². The molecule has 0 aromatic heterocycles. The molecule has 76 valence electrons. The van der Waals surface area contributed by atoms with E-state index in [1.807, 2.05) is 0 Å². The van der Waals surface area contributed by atoms with Crippen LogP contribution in [0.25, 0.3) is 0 Å². The zero-order chi connectivity index (χ0) is 10.7. The van der Waals surface area contributed by atoms with Gasteiger partial charge in [-0.15, -0.1) is 0 Å². The number of phenols is 1. The molecule has 0 bridgehead atoms. The third kappa shape index (κ3) is 2.46. The average Bonchev–Trinajstić information content (AvgIpc) is 2.01. The van der Waals surface area contributed by atoms with E-state index in [2.05, 4.69) is 15.9 Å². The number of aliphatic hydroxyl groups is 1. The second kappa shape index (κ2) is 4.43. The Balaban J connectivity index is 2.99. The molecule has 0 unspecified atom stereocenters. The number of phenolic OH excluding ortho intramolecular Hbond substituents is 1. The van der Waals surface area contributed by atoms with Crippen LogP contribution in [-0.4, -0.2) is 21.3 Å². The van der Waals surface area contributed by atoms with E-state index in [4.69, 9.17) is 5.11 Å². The van der Waals surface area contributed by atoms with Crippen molar-refractivity contribution in [1.82, 2.24) is 0 Å². The fourth-order valence-corrected chi connectivity index (χ4v) is 1.74. The summed E-state index contributed by atoms with van der Waals surface area (Å²) in [6, 6.07) is 4.61. The summed E-state index contributed by atoms with van der Waals surface area (Å²) < 4.78 is 0.492. The van der Waals surface area contributed by atoms with Crippen LogP contribution in [0.3, 0.4) is 0 Å². The topological polar surface area (TPSA) is 77.8 Å². The average molecular weight is 261 g/mol. The lowest BCUT2D eigenvalue weighted by Crippen LogP contribution is -2.06. The van der Waals surface area contributed by atoms with Crippen LogP contribution in [0.2, 0.25) is 0 Å². The van der Waals surface area contributed by atoms with Crippen LogP contribution >= 0.6 is 15.9 Å². The zero-order valence-corrected chi connectivity index (χ0v) is 8.73. The fraction of sp³-hybridized carbons (Fsp3) is 0.222. The van der Waals surface area contributed by atoms with E-state index in [9.17, 15) is 15.0 Å². The maximum atomic E-state index is 10.3. The summed E-state index contributed by atoms with van der Waals surface area (Å²) in [6.45, 7) is 0. The van der Waals surface area contributed by atoms with E-state index < -0.39 is 18.5 Å². The summed E-state index contributed by atoms with van der Waals surface area (Å²) in [5, 5.41) is 27.3. The fourth-order valence-electron chi connectivity index (χ4n) is 1.12. The van der Waals surface area contributed by atoms with E-state index in [-0.39, 0.29) is 11.3 Å². The Morgan fingerprint density at radius 1 is 1.50 bits per heavy atom. The largest absolute Gasteiger partial charge is 0.508 e. The third-order valence-electron chi connectivity index (χ3n) is 1.73. The number of hydrogen-bond acceptors (Lipinski definition) is 3. The maximum absolute atomic E-state index is 10.3. The van der Waals surface area contributed by atoms with Crippen molar-refractivity contribution in [3.63, 3.8) is 0 Å². The van der Waals surface area contributed by atoms with Gasteiger partial charge in [0.2, 0.25) is 0 Å². The van der Waals surface area contributed by atoms with Gasteiger partial charge in [-0.25, -0.2) is 0 Å². The Morgan fingerprint density at radius 3 is 2.64 bits per heavy atom. The molecule has 4 nitrogen and oxygen atoms in total. The van der Waals surface area contributed by atoms with E-state index in [0.29, 0.717) is 4.47 Å². The first-order valence-corrected chi connectivity index (χ1v) is 4.69. The highest BCUT2D eigenvalue weighted by molar-refractivity contribution is 9.10. The standard InChI is InChI=1S/C9H9BrO4/c10-5-2-1-3-6(11)9(5)7(12)4-8(13)14/h1-3,7,11-12H,4H2,(H,13,14)/t7-/m1/s1. The van der Waals surface area contributed by atoms with Crippen LogP contribution < -0.4 is 0 Å². The van der Waals surface area contributed by atoms with Gasteiger partial charge in [-0.2, -0.15) is 0 Å². The molecule has 1 rings (SSSR count).